The standard InChI is InChI=1S/C24H26F2N8O4/c1-33(16-11-37-12-16)24(35)17-2-3-20(31-23(17)38-13-19(25)26)30-18-8-21(29-14-4-6-36-7-5-14)32-34-15(9-27)10-28-22(18)34/h2-3,8,10,14,16,19H,4-7,11-13H2,1H3,(H,29,32)(H,30,31). The molecule has 0 spiro atoms. The second-order valence-electron chi connectivity index (χ2n) is 8.95. The Morgan fingerprint density at radius 3 is 2.76 bits per heavy atom. The van der Waals surface area contributed by atoms with Crippen molar-refractivity contribution in [2.24, 2.45) is 0 Å². The maximum Gasteiger partial charge on any atom is 0.272 e. The number of likely N-dealkylation sites (N-methyl/N-ethyl adjacent to an activating group) is 1. The van der Waals surface area contributed by atoms with E-state index < -0.39 is 18.9 Å². The van der Waals surface area contributed by atoms with E-state index in [1.54, 1.807) is 19.2 Å². The van der Waals surface area contributed by atoms with Gasteiger partial charge in [0.25, 0.3) is 12.3 Å². The lowest BCUT2D eigenvalue weighted by molar-refractivity contribution is -0.0469. The number of imidazole rings is 1. The molecular formula is C24H26F2N8O4. The van der Waals surface area contributed by atoms with Gasteiger partial charge in [-0.05, 0) is 25.0 Å². The molecule has 2 N–H and O–H groups in total. The molecule has 12 nitrogen and oxygen atoms in total. The fourth-order valence-electron chi connectivity index (χ4n) is 4.12. The molecule has 2 fully saturated rings. The second-order valence-corrected chi connectivity index (χ2v) is 8.95. The summed E-state index contributed by atoms with van der Waals surface area (Å²) in [7, 11) is 1.62. The van der Waals surface area contributed by atoms with Gasteiger partial charge in [-0.2, -0.15) is 14.8 Å². The molecule has 0 bridgehead atoms. The molecule has 0 atom stereocenters. The molecule has 38 heavy (non-hydrogen) atoms. The number of fused-ring (bicyclic) bond motifs is 1. The van der Waals surface area contributed by atoms with Gasteiger partial charge in [0.15, 0.2) is 17.9 Å². The van der Waals surface area contributed by atoms with Gasteiger partial charge in [-0.15, -0.1) is 5.10 Å². The number of nitrogens with zero attached hydrogens (tertiary/aromatic N) is 6. The first-order valence-electron chi connectivity index (χ1n) is 12.1. The number of amides is 1. The number of carbonyl (C=O) groups excluding carboxylic acids is 1. The van der Waals surface area contributed by atoms with Crippen molar-refractivity contribution < 1.29 is 27.8 Å². The Kier molecular flexibility index (Phi) is 7.47. The first-order valence-corrected chi connectivity index (χ1v) is 12.1. The van der Waals surface area contributed by atoms with Gasteiger partial charge in [0.1, 0.15) is 23.3 Å². The van der Waals surface area contributed by atoms with Crippen molar-refractivity contribution in [3.63, 3.8) is 0 Å². The molecular weight excluding hydrogens is 502 g/mol. The van der Waals surface area contributed by atoms with E-state index in [0.717, 1.165) is 12.8 Å². The molecule has 5 heterocycles. The molecule has 0 aromatic carbocycles. The van der Waals surface area contributed by atoms with Crippen LogP contribution in [0.2, 0.25) is 0 Å². The van der Waals surface area contributed by atoms with E-state index in [4.69, 9.17) is 14.2 Å². The van der Waals surface area contributed by atoms with Gasteiger partial charge in [0, 0.05) is 32.4 Å². The van der Waals surface area contributed by atoms with Gasteiger partial charge >= 0.3 is 0 Å². The monoisotopic (exact) mass is 528 g/mol. The van der Waals surface area contributed by atoms with E-state index in [0.29, 0.717) is 43.6 Å². The molecule has 5 rings (SSSR count). The van der Waals surface area contributed by atoms with Crippen LogP contribution in [0.25, 0.3) is 5.65 Å². The number of pyridine rings is 1. The number of rotatable bonds is 9. The third kappa shape index (κ3) is 5.43. The Bertz CT molecular complexity index is 1350. The number of nitrogens with one attached hydrogen (secondary N) is 2. The lowest BCUT2D eigenvalue weighted by Crippen LogP contribution is -2.49. The van der Waals surface area contributed by atoms with E-state index in [2.05, 4.69) is 31.8 Å². The summed E-state index contributed by atoms with van der Waals surface area (Å²) in [6.45, 7) is 1.16. The average Bonchev–Trinajstić information content (AvgIpc) is 3.30. The number of nitriles is 1. The molecule has 2 saturated heterocycles. The molecule has 1 amide bonds. The van der Waals surface area contributed by atoms with Gasteiger partial charge in [-0.3, -0.25) is 4.79 Å². The van der Waals surface area contributed by atoms with E-state index >= 15 is 0 Å². The number of halogens is 2. The van der Waals surface area contributed by atoms with Crippen molar-refractivity contribution in [1.82, 2.24) is 24.5 Å². The van der Waals surface area contributed by atoms with Crippen molar-refractivity contribution in [2.45, 2.75) is 31.4 Å². The van der Waals surface area contributed by atoms with Crippen molar-refractivity contribution in [3.8, 4) is 11.9 Å². The third-order valence-electron chi connectivity index (χ3n) is 6.34. The predicted molar refractivity (Wildman–Crippen MR) is 131 cm³/mol. The summed E-state index contributed by atoms with van der Waals surface area (Å²) >= 11 is 0. The Morgan fingerprint density at radius 1 is 1.29 bits per heavy atom. The van der Waals surface area contributed by atoms with Crippen LogP contribution in [0, 0.1) is 11.3 Å². The van der Waals surface area contributed by atoms with Crippen LogP contribution in [-0.2, 0) is 9.47 Å². The molecule has 0 aliphatic carbocycles. The molecule has 2 aliphatic rings. The molecule has 14 heteroatoms. The Balaban J connectivity index is 1.46. The van der Waals surface area contributed by atoms with Crippen LogP contribution in [0.1, 0.15) is 28.9 Å². The van der Waals surface area contributed by atoms with Gasteiger partial charge in [-0.25, -0.2) is 13.8 Å². The van der Waals surface area contributed by atoms with E-state index in [1.807, 2.05) is 0 Å². The summed E-state index contributed by atoms with van der Waals surface area (Å²) in [6, 6.07) is 6.84. The number of carbonyl (C=O) groups is 1. The first kappa shape index (κ1) is 25.6. The minimum atomic E-state index is -2.75. The van der Waals surface area contributed by atoms with Crippen molar-refractivity contribution >= 4 is 28.9 Å². The molecule has 0 radical (unpaired) electrons. The van der Waals surface area contributed by atoms with E-state index in [1.165, 1.54) is 21.7 Å². The number of ether oxygens (including phenoxy) is 3. The highest BCUT2D eigenvalue weighted by atomic mass is 19.3. The smallest absolute Gasteiger partial charge is 0.272 e. The summed E-state index contributed by atoms with van der Waals surface area (Å²) < 4.78 is 43.1. The maximum atomic E-state index is 13.0. The van der Waals surface area contributed by atoms with Crippen LogP contribution >= 0.6 is 0 Å². The normalized spacial score (nSPS) is 16.2. The highest BCUT2D eigenvalue weighted by molar-refractivity contribution is 5.97. The zero-order valence-electron chi connectivity index (χ0n) is 20.6. The van der Waals surface area contributed by atoms with Crippen LogP contribution in [0.5, 0.6) is 5.88 Å². The summed E-state index contributed by atoms with van der Waals surface area (Å²) in [5.41, 5.74) is 1.11. The van der Waals surface area contributed by atoms with Crippen LogP contribution in [0.15, 0.2) is 24.4 Å². The molecule has 2 aliphatic heterocycles. The zero-order chi connectivity index (χ0) is 26.6. The van der Waals surface area contributed by atoms with Gasteiger partial charge in [0.2, 0.25) is 5.88 Å². The van der Waals surface area contributed by atoms with Crippen LogP contribution < -0.4 is 15.4 Å². The number of hydrogen-bond acceptors (Lipinski definition) is 10. The summed E-state index contributed by atoms with van der Waals surface area (Å²) in [6.07, 6.45) is 0.266. The van der Waals surface area contributed by atoms with Crippen LogP contribution in [0.4, 0.5) is 26.1 Å². The number of aromatic nitrogens is 4. The second kappa shape index (κ2) is 11.1. The summed E-state index contributed by atoms with van der Waals surface area (Å²) in [5.74, 6) is 0.0978. The highest BCUT2D eigenvalue weighted by Gasteiger charge is 2.30. The number of anilines is 3. The largest absolute Gasteiger partial charge is 0.471 e. The van der Waals surface area contributed by atoms with Crippen molar-refractivity contribution in [3.05, 3.63) is 35.7 Å². The van der Waals surface area contributed by atoms with Gasteiger partial charge in [0.05, 0.1) is 31.1 Å². The third-order valence-corrected chi connectivity index (χ3v) is 6.34. The lowest BCUT2D eigenvalue weighted by Gasteiger charge is -2.34. The Hall–Kier alpha value is -4.09. The molecule has 3 aromatic heterocycles. The summed E-state index contributed by atoms with van der Waals surface area (Å²) in [5, 5.41) is 20.5. The minimum Gasteiger partial charge on any atom is -0.471 e. The Labute approximate surface area is 216 Å². The maximum absolute atomic E-state index is 13.0. The fraction of sp³-hybridized carbons (Fsp3) is 0.458. The number of alkyl halides is 2. The van der Waals surface area contributed by atoms with Gasteiger partial charge < -0.3 is 29.7 Å². The van der Waals surface area contributed by atoms with Gasteiger partial charge in [-0.1, -0.05) is 0 Å². The molecule has 200 valence electrons. The summed E-state index contributed by atoms with van der Waals surface area (Å²) in [4.78, 5) is 23.1. The quantitative estimate of drug-likeness (QED) is 0.426. The topological polar surface area (TPSA) is 139 Å². The van der Waals surface area contributed by atoms with Crippen molar-refractivity contribution in [2.75, 3.05) is 50.7 Å². The number of hydrogen-bond donors (Lipinski definition) is 2. The molecule has 3 aromatic rings. The SMILES string of the molecule is CN(C(=O)c1ccc(Nc2cc(NC3CCOCC3)nn3c(C#N)cnc23)nc1OCC(F)F)C1COC1. The van der Waals surface area contributed by atoms with Crippen LogP contribution in [0.3, 0.4) is 0 Å². The first-order chi connectivity index (χ1) is 18.4. The van der Waals surface area contributed by atoms with Crippen molar-refractivity contribution in [1.29, 1.82) is 5.26 Å². The predicted octanol–water partition coefficient (Wildman–Crippen LogP) is 2.45. The van der Waals surface area contributed by atoms with E-state index in [-0.39, 0.29) is 35.0 Å². The average molecular weight is 529 g/mol. The van der Waals surface area contributed by atoms with Crippen LogP contribution in [-0.4, -0.2) is 89.0 Å². The lowest BCUT2D eigenvalue weighted by atomic mass is 10.1. The molecule has 0 unspecified atom stereocenters. The Morgan fingerprint density at radius 2 is 2.08 bits per heavy atom. The minimum absolute atomic E-state index is 0.0555. The highest BCUT2D eigenvalue weighted by Crippen LogP contribution is 2.28. The van der Waals surface area contributed by atoms with E-state index in [9.17, 15) is 18.8 Å². The fourth-order valence-corrected chi connectivity index (χ4v) is 4.12. The zero-order valence-corrected chi connectivity index (χ0v) is 20.6. The molecule has 0 saturated carbocycles.